The third-order valence-corrected chi connectivity index (χ3v) is 6.17. The lowest BCUT2D eigenvalue weighted by atomic mass is 9.78. The molecule has 0 amide bonds. The third kappa shape index (κ3) is 3.54. The highest BCUT2D eigenvalue weighted by atomic mass is 19.1. The van der Waals surface area contributed by atoms with Gasteiger partial charge in [0, 0.05) is 0 Å². The fourth-order valence-electron chi connectivity index (χ4n) is 4.54. The van der Waals surface area contributed by atoms with Gasteiger partial charge in [0.25, 0.3) is 0 Å². The standard InChI is InChI=1S/C26H26FN/c1-2-3-4-5-20-10-14-24-23-13-11-21(19-8-6-18(17-28)7-9-19)16-22(23)12-15-25(24)26(20)27/h6-9,11-13,15-16,20,26H,2-5,10,14H2,1H3. The van der Waals surface area contributed by atoms with Crippen LogP contribution in [0.15, 0.2) is 54.6 Å². The summed E-state index contributed by atoms with van der Waals surface area (Å²) in [6.07, 6.45) is 5.62. The number of nitriles is 1. The number of hydrogen-bond acceptors (Lipinski definition) is 1. The van der Waals surface area contributed by atoms with Crippen molar-refractivity contribution in [2.24, 2.45) is 5.92 Å². The number of alkyl halides is 1. The van der Waals surface area contributed by atoms with Crippen molar-refractivity contribution >= 4 is 10.8 Å². The largest absolute Gasteiger partial charge is 0.242 e. The lowest BCUT2D eigenvalue weighted by Crippen LogP contribution is -2.18. The first-order chi connectivity index (χ1) is 13.7. The number of unbranched alkanes of at least 4 members (excludes halogenated alkanes) is 2. The molecule has 2 atom stereocenters. The molecule has 4 rings (SSSR count). The van der Waals surface area contributed by atoms with Crippen molar-refractivity contribution in [2.45, 2.75) is 51.6 Å². The molecule has 2 heteroatoms. The fourth-order valence-corrected chi connectivity index (χ4v) is 4.54. The van der Waals surface area contributed by atoms with Crippen LogP contribution in [0, 0.1) is 17.2 Å². The normalized spacial score (nSPS) is 18.6. The van der Waals surface area contributed by atoms with Gasteiger partial charge in [0.1, 0.15) is 6.17 Å². The molecule has 28 heavy (non-hydrogen) atoms. The molecular weight excluding hydrogens is 345 g/mol. The molecule has 0 bridgehead atoms. The van der Waals surface area contributed by atoms with Crippen LogP contribution in [0.25, 0.3) is 21.9 Å². The Morgan fingerprint density at radius 1 is 1.00 bits per heavy atom. The molecule has 3 aromatic rings. The smallest absolute Gasteiger partial charge is 0.128 e. The molecule has 0 N–H and O–H groups in total. The van der Waals surface area contributed by atoms with Crippen LogP contribution in [0.1, 0.15) is 61.9 Å². The van der Waals surface area contributed by atoms with Gasteiger partial charge in [0.15, 0.2) is 0 Å². The minimum Gasteiger partial charge on any atom is -0.242 e. The molecule has 142 valence electrons. The monoisotopic (exact) mass is 371 g/mol. The molecular formula is C26H26FN. The summed E-state index contributed by atoms with van der Waals surface area (Å²) in [4.78, 5) is 0. The van der Waals surface area contributed by atoms with Crippen molar-refractivity contribution in [3.05, 3.63) is 71.3 Å². The van der Waals surface area contributed by atoms with Crippen LogP contribution in [0.3, 0.4) is 0 Å². The second-order valence-corrected chi connectivity index (χ2v) is 7.95. The van der Waals surface area contributed by atoms with Crippen molar-refractivity contribution in [1.29, 1.82) is 5.26 Å². The zero-order chi connectivity index (χ0) is 19.5. The molecule has 2 unspecified atom stereocenters. The first-order valence-corrected chi connectivity index (χ1v) is 10.4. The lowest BCUT2D eigenvalue weighted by molar-refractivity contribution is 0.192. The summed E-state index contributed by atoms with van der Waals surface area (Å²) < 4.78 is 15.2. The van der Waals surface area contributed by atoms with Crippen molar-refractivity contribution < 1.29 is 4.39 Å². The van der Waals surface area contributed by atoms with Gasteiger partial charge in [-0.2, -0.15) is 5.26 Å². The molecule has 1 nitrogen and oxygen atoms in total. The highest BCUT2D eigenvalue weighted by molar-refractivity contribution is 5.91. The summed E-state index contributed by atoms with van der Waals surface area (Å²) in [5.74, 6) is 0.175. The molecule has 1 aliphatic rings. The number of halogens is 1. The van der Waals surface area contributed by atoms with E-state index in [9.17, 15) is 0 Å². The first kappa shape index (κ1) is 18.7. The van der Waals surface area contributed by atoms with Crippen molar-refractivity contribution in [1.82, 2.24) is 0 Å². The Labute approximate surface area is 166 Å². The summed E-state index contributed by atoms with van der Waals surface area (Å²) in [6, 6.07) is 20.3. The predicted molar refractivity (Wildman–Crippen MR) is 114 cm³/mol. The summed E-state index contributed by atoms with van der Waals surface area (Å²) in [5, 5.41) is 11.3. The van der Waals surface area contributed by atoms with Gasteiger partial charge >= 0.3 is 0 Å². The maximum absolute atomic E-state index is 15.2. The van der Waals surface area contributed by atoms with Gasteiger partial charge in [-0.05, 0) is 76.4 Å². The zero-order valence-corrected chi connectivity index (χ0v) is 16.4. The van der Waals surface area contributed by atoms with E-state index in [4.69, 9.17) is 5.26 Å². The van der Waals surface area contributed by atoms with E-state index in [2.05, 4.69) is 37.3 Å². The van der Waals surface area contributed by atoms with E-state index in [0.29, 0.717) is 5.56 Å². The highest BCUT2D eigenvalue weighted by Crippen LogP contribution is 2.43. The van der Waals surface area contributed by atoms with E-state index in [0.717, 1.165) is 47.8 Å². The summed E-state index contributed by atoms with van der Waals surface area (Å²) in [5.41, 5.74) is 5.00. The number of hydrogen-bond donors (Lipinski definition) is 0. The Morgan fingerprint density at radius 2 is 1.79 bits per heavy atom. The molecule has 0 aromatic heterocycles. The van der Waals surface area contributed by atoms with Gasteiger partial charge in [-0.3, -0.25) is 0 Å². The van der Waals surface area contributed by atoms with Gasteiger partial charge in [-0.1, -0.05) is 62.6 Å². The van der Waals surface area contributed by atoms with E-state index in [-0.39, 0.29) is 5.92 Å². The predicted octanol–water partition coefficient (Wildman–Crippen LogP) is 7.53. The minimum atomic E-state index is -0.830. The van der Waals surface area contributed by atoms with Crippen LogP contribution < -0.4 is 0 Å². The van der Waals surface area contributed by atoms with Crippen LogP contribution in [0.4, 0.5) is 4.39 Å². The van der Waals surface area contributed by atoms with Gasteiger partial charge in [-0.25, -0.2) is 4.39 Å². The maximum atomic E-state index is 15.2. The quantitative estimate of drug-likeness (QED) is 0.425. The molecule has 0 heterocycles. The van der Waals surface area contributed by atoms with Gasteiger partial charge in [0.2, 0.25) is 0 Å². The van der Waals surface area contributed by atoms with Crippen LogP contribution in [-0.2, 0) is 6.42 Å². The molecule has 0 saturated carbocycles. The molecule has 0 spiro atoms. The summed E-state index contributed by atoms with van der Waals surface area (Å²) >= 11 is 0. The number of nitrogens with zero attached hydrogens (tertiary/aromatic N) is 1. The Balaban J connectivity index is 1.64. The number of benzene rings is 3. The average molecular weight is 371 g/mol. The Morgan fingerprint density at radius 3 is 2.54 bits per heavy atom. The Hall–Kier alpha value is -2.66. The number of aryl methyl sites for hydroxylation is 1. The molecule has 1 aliphatic carbocycles. The van der Waals surface area contributed by atoms with Crippen LogP contribution in [0.5, 0.6) is 0 Å². The number of fused-ring (bicyclic) bond motifs is 3. The van der Waals surface area contributed by atoms with E-state index in [1.165, 1.54) is 23.8 Å². The first-order valence-electron chi connectivity index (χ1n) is 10.4. The molecule has 0 fully saturated rings. The van der Waals surface area contributed by atoms with E-state index < -0.39 is 6.17 Å². The minimum absolute atomic E-state index is 0.175. The second-order valence-electron chi connectivity index (χ2n) is 7.95. The fraction of sp³-hybridized carbons (Fsp3) is 0.346. The van der Waals surface area contributed by atoms with Crippen LogP contribution >= 0.6 is 0 Å². The Kier molecular flexibility index (Phi) is 5.44. The molecule has 0 aliphatic heterocycles. The average Bonchev–Trinajstić information content (AvgIpc) is 2.75. The van der Waals surface area contributed by atoms with Gasteiger partial charge in [0.05, 0.1) is 11.6 Å². The van der Waals surface area contributed by atoms with Crippen molar-refractivity contribution in [3.63, 3.8) is 0 Å². The highest BCUT2D eigenvalue weighted by Gasteiger charge is 2.30. The van der Waals surface area contributed by atoms with Gasteiger partial charge in [-0.15, -0.1) is 0 Å². The van der Waals surface area contributed by atoms with E-state index >= 15 is 4.39 Å². The molecule has 3 aromatic carbocycles. The lowest BCUT2D eigenvalue weighted by Gasteiger charge is -2.29. The van der Waals surface area contributed by atoms with E-state index in [1.54, 1.807) is 0 Å². The third-order valence-electron chi connectivity index (χ3n) is 6.17. The van der Waals surface area contributed by atoms with E-state index in [1.807, 2.05) is 30.3 Å². The van der Waals surface area contributed by atoms with Gasteiger partial charge < -0.3 is 0 Å². The Bertz CT molecular complexity index is 1010. The SMILES string of the molecule is CCCCCC1CCc2c(ccc3cc(-c4ccc(C#N)cc4)ccc23)C1F. The number of rotatable bonds is 5. The molecule has 0 saturated heterocycles. The van der Waals surface area contributed by atoms with Crippen LogP contribution in [0.2, 0.25) is 0 Å². The van der Waals surface area contributed by atoms with Crippen molar-refractivity contribution in [3.8, 4) is 17.2 Å². The zero-order valence-electron chi connectivity index (χ0n) is 16.4. The van der Waals surface area contributed by atoms with Crippen molar-refractivity contribution in [2.75, 3.05) is 0 Å². The second kappa shape index (κ2) is 8.15. The van der Waals surface area contributed by atoms with Crippen LogP contribution in [-0.4, -0.2) is 0 Å². The topological polar surface area (TPSA) is 23.8 Å². The maximum Gasteiger partial charge on any atom is 0.128 e. The summed E-state index contributed by atoms with van der Waals surface area (Å²) in [6.45, 7) is 2.20. The summed E-state index contributed by atoms with van der Waals surface area (Å²) in [7, 11) is 0. The molecule has 0 radical (unpaired) electrons.